The second-order valence-corrected chi connectivity index (χ2v) is 3.82. The van der Waals surface area contributed by atoms with Crippen LogP contribution in [0, 0.1) is 0 Å². The number of ether oxygens (including phenoxy) is 1. The fourth-order valence-electron chi connectivity index (χ4n) is 1.80. The fourth-order valence-corrected chi connectivity index (χ4v) is 1.80. The average Bonchev–Trinajstić information content (AvgIpc) is 2.57. The van der Waals surface area contributed by atoms with Crippen molar-refractivity contribution in [1.29, 1.82) is 0 Å². The highest BCUT2D eigenvalue weighted by Crippen LogP contribution is 2.34. The predicted octanol–water partition coefficient (Wildman–Crippen LogP) is -2.49. The Morgan fingerprint density at radius 1 is 1.47 bits per heavy atom. The van der Waals surface area contributed by atoms with Crippen molar-refractivity contribution in [3.63, 3.8) is 0 Å². The van der Waals surface area contributed by atoms with Crippen molar-refractivity contribution in [2.45, 2.75) is 24.4 Å². The number of aromatic amines is 1. The van der Waals surface area contributed by atoms with E-state index in [1.807, 2.05) is 0 Å². The summed E-state index contributed by atoms with van der Waals surface area (Å²) in [6.45, 7) is -0.425. The quantitative estimate of drug-likeness (QED) is 0.386. The first-order valence-corrected chi connectivity index (χ1v) is 5.01. The number of nitrogen functional groups attached to an aromatic ring is 1. The smallest absolute Gasteiger partial charge is 0.346 e. The Kier molecular flexibility index (Phi) is 3.11. The van der Waals surface area contributed by atoms with Crippen molar-refractivity contribution in [1.82, 2.24) is 9.97 Å². The molecule has 4 atom stereocenters. The summed E-state index contributed by atoms with van der Waals surface area (Å²) in [6.07, 6.45) is -3.08. The maximum atomic E-state index is 10.9. The molecular formula is C9H13N3O5. The Morgan fingerprint density at radius 2 is 2.18 bits per heavy atom. The number of aromatic nitrogens is 2. The molecule has 1 aromatic rings. The molecule has 0 unspecified atom stereocenters. The van der Waals surface area contributed by atoms with Gasteiger partial charge in [-0.1, -0.05) is 0 Å². The van der Waals surface area contributed by atoms with Crippen LogP contribution in [-0.4, -0.2) is 50.2 Å². The number of hydrogen-bond donors (Lipinski definition) is 5. The van der Waals surface area contributed by atoms with E-state index in [1.165, 1.54) is 6.20 Å². The number of anilines is 1. The molecule has 1 fully saturated rings. The first kappa shape index (κ1) is 12.0. The third-order valence-corrected chi connectivity index (χ3v) is 2.72. The number of hydrogen-bond acceptors (Lipinski definition) is 7. The first-order chi connectivity index (χ1) is 8.04. The van der Waals surface area contributed by atoms with Crippen LogP contribution in [0.5, 0.6) is 0 Å². The molecule has 1 aliphatic rings. The molecule has 94 valence electrons. The molecule has 0 radical (unpaired) electrons. The van der Waals surface area contributed by atoms with Gasteiger partial charge in [0, 0.05) is 11.8 Å². The molecule has 0 aromatic carbocycles. The summed E-state index contributed by atoms with van der Waals surface area (Å²) in [4.78, 5) is 16.6. The summed E-state index contributed by atoms with van der Waals surface area (Å²) in [6, 6.07) is 0. The van der Waals surface area contributed by atoms with E-state index in [-0.39, 0.29) is 11.4 Å². The number of aliphatic hydroxyl groups excluding tert-OH is 3. The molecule has 0 aliphatic carbocycles. The van der Waals surface area contributed by atoms with Crippen LogP contribution in [0.15, 0.2) is 11.0 Å². The topological polar surface area (TPSA) is 142 Å². The third kappa shape index (κ3) is 2.03. The lowest BCUT2D eigenvalue weighted by molar-refractivity contribution is -0.0227. The lowest BCUT2D eigenvalue weighted by Crippen LogP contribution is -2.32. The highest BCUT2D eigenvalue weighted by Gasteiger charge is 2.43. The molecule has 8 heteroatoms. The average molecular weight is 243 g/mol. The second-order valence-electron chi connectivity index (χ2n) is 3.82. The highest BCUT2D eigenvalue weighted by atomic mass is 16.6. The van der Waals surface area contributed by atoms with Crippen molar-refractivity contribution in [2.75, 3.05) is 12.3 Å². The molecule has 8 nitrogen and oxygen atoms in total. The Labute approximate surface area is 95.7 Å². The van der Waals surface area contributed by atoms with Crippen LogP contribution in [0.2, 0.25) is 0 Å². The van der Waals surface area contributed by atoms with Gasteiger partial charge in [0.15, 0.2) is 0 Å². The zero-order valence-electron chi connectivity index (χ0n) is 8.78. The van der Waals surface area contributed by atoms with Crippen LogP contribution < -0.4 is 11.4 Å². The van der Waals surface area contributed by atoms with Gasteiger partial charge in [0.2, 0.25) is 0 Å². The van der Waals surface area contributed by atoms with Crippen LogP contribution in [0.25, 0.3) is 0 Å². The van der Waals surface area contributed by atoms with E-state index in [2.05, 4.69) is 9.97 Å². The lowest BCUT2D eigenvalue weighted by atomic mass is 10.0. The van der Waals surface area contributed by atoms with Crippen LogP contribution in [0.3, 0.4) is 0 Å². The summed E-state index contributed by atoms with van der Waals surface area (Å²) >= 11 is 0. The van der Waals surface area contributed by atoms with E-state index in [1.54, 1.807) is 0 Å². The summed E-state index contributed by atoms with van der Waals surface area (Å²) < 4.78 is 5.25. The predicted molar refractivity (Wildman–Crippen MR) is 56.0 cm³/mol. The Balaban J connectivity index is 2.32. The molecule has 0 spiro atoms. The van der Waals surface area contributed by atoms with Crippen LogP contribution in [-0.2, 0) is 4.74 Å². The normalized spacial score (nSPS) is 32.9. The molecule has 2 rings (SSSR count). The molecule has 1 aromatic heterocycles. The van der Waals surface area contributed by atoms with Crippen molar-refractivity contribution in [3.05, 3.63) is 22.2 Å². The van der Waals surface area contributed by atoms with Crippen LogP contribution in [0.1, 0.15) is 11.7 Å². The number of nitrogens with zero attached hydrogens (tertiary/aromatic N) is 1. The fraction of sp³-hybridized carbons (Fsp3) is 0.556. The van der Waals surface area contributed by atoms with Gasteiger partial charge in [-0.3, -0.25) is 4.98 Å². The van der Waals surface area contributed by atoms with Crippen molar-refractivity contribution < 1.29 is 20.1 Å². The van der Waals surface area contributed by atoms with E-state index in [0.717, 1.165) is 0 Å². The summed E-state index contributed by atoms with van der Waals surface area (Å²) in [5.41, 5.74) is 5.22. The zero-order valence-corrected chi connectivity index (χ0v) is 8.78. The third-order valence-electron chi connectivity index (χ3n) is 2.72. The number of aliphatic hydroxyl groups is 3. The molecular weight excluding hydrogens is 230 g/mol. The van der Waals surface area contributed by atoms with E-state index < -0.39 is 36.7 Å². The van der Waals surface area contributed by atoms with Gasteiger partial charge >= 0.3 is 5.69 Å². The van der Waals surface area contributed by atoms with Gasteiger partial charge in [-0.2, -0.15) is 0 Å². The largest absolute Gasteiger partial charge is 0.394 e. The van der Waals surface area contributed by atoms with Gasteiger partial charge in [-0.05, 0) is 0 Å². The standard InChI is InChI=1S/C9H13N3O5/c10-8-3(1-11-9(16)12-8)7-6(15)5(14)4(2-13)17-7/h1,4-7,13-15H,2H2,(H3,10,11,12,16)/t4-,5-,6+,7+/m1/s1. The Morgan fingerprint density at radius 3 is 2.71 bits per heavy atom. The maximum absolute atomic E-state index is 10.9. The summed E-state index contributed by atoms with van der Waals surface area (Å²) in [5, 5.41) is 28.2. The Hall–Kier alpha value is -1.48. The van der Waals surface area contributed by atoms with E-state index in [4.69, 9.17) is 15.6 Å². The molecule has 1 saturated heterocycles. The number of rotatable bonds is 2. The van der Waals surface area contributed by atoms with Crippen LogP contribution >= 0.6 is 0 Å². The van der Waals surface area contributed by atoms with Gasteiger partial charge in [-0.15, -0.1) is 0 Å². The zero-order chi connectivity index (χ0) is 12.6. The van der Waals surface area contributed by atoms with Gasteiger partial charge < -0.3 is 25.8 Å². The number of nitrogens with one attached hydrogen (secondary N) is 1. The number of nitrogens with two attached hydrogens (primary N) is 1. The minimum absolute atomic E-state index is 0.0137. The second kappa shape index (κ2) is 4.41. The molecule has 0 bridgehead atoms. The molecule has 2 heterocycles. The van der Waals surface area contributed by atoms with E-state index in [0.29, 0.717) is 0 Å². The van der Waals surface area contributed by atoms with Crippen molar-refractivity contribution >= 4 is 5.82 Å². The molecule has 0 amide bonds. The minimum atomic E-state index is -1.23. The minimum Gasteiger partial charge on any atom is -0.394 e. The number of H-pyrrole nitrogens is 1. The molecule has 6 N–H and O–H groups in total. The van der Waals surface area contributed by atoms with Gasteiger partial charge in [0.25, 0.3) is 0 Å². The van der Waals surface area contributed by atoms with Gasteiger partial charge in [0.1, 0.15) is 30.2 Å². The molecule has 17 heavy (non-hydrogen) atoms. The van der Waals surface area contributed by atoms with E-state index in [9.17, 15) is 15.0 Å². The maximum Gasteiger partial charge on any atom is 0.346 e. The van der Waals surface area contributed by atoms with Gasteiger partial charge in [-0.25, -0.2) is 9.78 Å². The van der Waals surface area contributed by atoms with E-state index >= 15 is 0 Å². The monoisotopic (exact) mass is 243 g/mol. The summed E-state index contributed by atoms with van der Waals surface area (Å²) in [5.74, 6) is 0.0137. The SMILES string of the molecule is Nc1[nH]c(=O)ncc1[C@@H]1O[C@H](CO)[C@@H](O)[C@@H]1O. The molecule has 0 saturated carbocycles. The first-order valence-electron chi connectivity index (χ1n) is 5.01. The summed E-state index contributed by atoms with van der Waals surface area (Å²) in [7, 11) is 0. The Bertz CT molecular complexity index is 462. The van der Waals surface area contributed by atoms with Crippen LogP contribution in [0.4, 0.5) is 5.82 Å². The van der Waals surface area contributed by atoms with Crippen molar-refractivity contribution in [2.24, 2.45) is 0 Å². The van der Waals surface area contributed by atoms with Gasteiger partial charge in [0.05, 0.1) is 6.61 Å². The molecule has 1 aliphatic heterocycles. The lowest BCUT2D eigenvalue weighted by Gasteiger charge is -2.15. The highest BCUT2D eigenvalue weighted by molar-refractivity contribution is 5.39. The van der Waals surface area contributed by atoms with Crippen molar-refractivity contribution in [3.8, 4) is 0 Å².